The maximum Gasteiger partial charge on any atom is 0.321 e. The van der Waals surface area contributed by atoms with Crippen LogP contribution in [0.2, 0.25) is 0 Å². The summed E-state index contributed by atoms with van der Waals surface area (Å²) in [6.45, 7) is 1.22. The smallest absolute Gasteiger partial charge is 0.321 e. The molecule has 0 atom stereocenters. The Labute approximate surface area is 156 Å². The molecule has 1 saturated carbocycles. The van der Waals surface area contributed by atoms with Crippen molar-refractivity contribution >= 4 is 29.2 Å². The summed E-state index contributed by atoms with van der Waals surface area (Å²) in [5.74, 6) is -0.483. The lowest BCUT2D eigenvalue weighted by molar-refractivity contribution is 0.0952. The molecule has 4 rings (SSSR count). The minimum Gasteiger partial charge on any atom is -0.349 e. The van der Waals surface area contributed by atoms with Crippen LogP contribution in [0.3, 0.4) is 0 Å². The minimum absolute atomic E-state index is 0.136. The van der Waals surface area contributed by atoms with Crippen LogP contribution in [0.5, 0.6) is 0 Å². The average Bonchev–Trinajstić information content (AvgIpc) is 3.39. The van der Waals surface area contributed by atoms with Gasteiger partial charge < -0.3 is 16.0 Å². The first kappa shape index (κ1) is 17.1. The summed E-state index contributed by atoms with van der Waals surface area (Å²) in [6.07, 6.45) is 2.00. The maximum absolute atomic E-state index is 12.6. The molecule has 1 aliphatic heterocycles. The highest BCUT2D eigenvalue weighted by Crippen LogP contribution is 2.22. The fourth-order valence-corrected chi connectivity index (χ4v) is 2.99. The third kappa shape index (κ3) is 3.76. The lowest BCUT2D eigenvalue weighted by Gasteiger charge is -2.15. The van der Waals surface area contributed by atoms with Gasteiger partial charge in [-0.15, -0.1) is 0 Å². The molecule has 0 aromatic heterocycles. The van der Waals surface area contributed by atoms with Crippen LogP contribution >= 0.6 is 0 Å². The Balaban J connectivity index is 1.47. The van der Waals surface area contributed by atoms with Gasteiger partial charge in [0.25, 0.3) is 11.8 Å². The number of carbonyl (C=O) groups excluding carboxylic acids is 3. The Hall–Kier alpha value is -3.35. The van der Waals surface area contributed by atoms with Crippen molar-refractivity contribution in [2.45, 2.75) is 18.9 Å². The van der Waals surface area contributed by atoms with Crippen molar-refractivity contribution in [1.82, 2.24) is 10.6 Å². The first-order valence-electron chi connectivity index (χ1n) is 8.98. The van der Waals surface area contributed by atoms with E-state index in [9.17, 15) is 14.4 Å². The van der Waals surface area contributed by atoms with Crippen molar-refractivity contribution in [3.63, 3.8) is 0 Å². The molecule has 0 unspecified atom stereocenters. The zero-order valence-electron chi connectivity index (χ0n) is 14.7. The molecule has 1 saturated heterocycles. The van der Waals surface area contributed by atoms with E-state index in [1.54, 1.807) is 53.4 Å². The van der Waals surface area contributed by atoms with Crippen LogP contribution in [0.15, 0.2) is 48.5 Å². The average molecular weight is 364 g/mol. The molecule has 2 aliphatic rings. The fraction of sp³-hybridized carbons (Fsp3) is 0.250. The van der Waals surface area contributed by atoms with Crippen molar-refractivity contribution in [3.8, 4) is 0 Å². The normalized spacial score (nSPS) is 16.0. The summed E-state index contributed by atoms with van der Waals surface area (Å²) in [7, 11) is 0. The number of carbonyl (C=O) groups is 3. The van der Waals surface area contributed by atoms with Crippen molar-refractivity contribution in [3.05, 3.63) is 59.7 Å². The highest BCUT2D eigenvalue weighted by molar-refractivity contribution is 6.09. The number of hydrogen-bond donors (Lipinski definition) is 3. The van der Waals surface area contributed by atoms with Crippen LogP contribution in [-0.2, 0) is 0 Å². The second-order valence-corrected chi connectivity index (χ2v) is 6.68. The molecule has 3 N–H and O–H groups in total. The predicted molar refractivity (Wildman–Crippen MR) is 102 cm³/mol. The number of amides is 4. The highest BCUT2D eigenvalue weighted by Gasteiger charge is 2.25. The summed E-state index contributed by atoms with van der Waals surface area (Å²) in [5, 5.41) is 8.48. The molecule has 2 fully saturated rings. The molecule has 0 spiro atoms. The quantitative estimate of drug-likeness (QED) is 0.761. The van der Waals surface area contributed by atoms with E-state index in [-0.39, 0.29) is 23.9 Å². The maximum atomic E-state index is 12.6. The van der Waals surface area contributed by atoms with Gasteiger partial charge in [0, 0.05) is 30.4 Å². The summed E-state index contributed by atoms with van der Waals surface area (Å²) in [5.41, 5.74) is 2.12. The van der Waals surface area contributed by atoms with Gasteiger partial charge in [-0.3, -0.25) is 14.5 Å². The monoisotopic (exact) mass is 364 g/mol. The molecule has 4 amide bonds. The van der Waals surface area contributed by atoms with E-state index >= 15 is 0 Å². The molecular formula is C20H20N4O3. The minimum atomic E-state index is -0.306. The van der Waals surface area contributed by atoms with Crippen molar-refractivity contribution in [2.24, 2.45) is 0 Å². The second-order valence-electron chi connectivity index (χ2n) is 6.68. The summed E-state index contributed by atoms with van der Waals surface area (Å²) >= 11 is 0. The molecule has 0 bridgehead atoms. The van der Waals surface area contributed by atoms with Gasteiger partial charge in [-0.05, 0) is 49.2 Å². The Morgan fingerprint density at radius 2 is 1.74 bits per heavy atom. The third-order valence-electron chi connectivity index (χ3n) is 4.63. The van der Waals surface area contributed by atoms with Crippen LogP contribution in [0.1, 0.15) is 33.6 Å². The van der Waals surface area contributed by atoms with E-state index in [4.69, 9.17) is 0 Å². The van der Waals surface area contributed by atoms with Gasteiger partial charge in [0.05, 0.1) is 11.3 Å². The fourth-order valence-electron chi connectivity index (χ4n) is 2.99. The van der Waals surface area contributed by atoms with Crippen LogP contribution in [-0.4, -0.2) is 37.0 Å². The van der Waals surface area contributed by atoms with Gasteiger partial charge in [0.15, 0.2) is 0 Å². The number of rotatable bonds is 5. The van der Waals surface area contributed by atoms with Crippen molar-refractivity contribution < 1.29 is 14.4 Å². The molecule has 7 heteroatoms. The number of nitrogens with one attached hydrogen (secondary N) is 3. The SMILES string of the molecule is O=C(Nc1ccccc1C(=O)NC1CC1)c1ccc(N2CCNC2=O)cc1. The van der Waals surface area contributed by atoms with Gasteiger partial charge in [-0.1, -0.05) is 12.1 Å². The largest absolute Gasteiger partial charge is 0.349 e. The molecule has 0 radical (unpaired) electrons. The van der Waals surface area contributed by atoms with Gasteiger partial charge in [-0.25, -0.2) is 4.79 Å². The molecule has 1 aliphatic carbocycles. The molecular weight excluding hydrogens is 344 g/mol. The van der Waals surface area contributed by atoms with Crippen LogP contribution in [0.4, 0.5) is 16.2 Å². The zero-order valence-corrected chi connectivity index (χ0v) is 14.7. The van der Waals surface area contributed by atoms with Crippen LogP contribution in [0.25, 0.3) is 0 Å². The topological polar surface area (TPSA) is 90.5 Å². The second kappa shape index (κ2) is 7.11. The number of urea groups is 1. The number of benzene rings is 2. The van der Waals surface area contributed by atoms with Crippen LogP contribution in [0, 0.1) is 0 Å². The van der Waals surface area contributed by atoms with E-state index in [1.165, 1.54) is 0 Å². The molecule has 27 heavy (non-hydrogen) atoms. The van der Waals surface area contributed by atoms with Gasteiger partial charge in [-0.2, -0.15) is 0 Å². The number of anilines is 2. The first-order valence-corrected chi connectivity index (χ1v) is 8.98. The standard InChI is InChI=1S/C20H20N4O3/c25-18(13-5-9-15(10-6-13)24-12-11-21-20(24)27)23-17-4-2-1-3-16(17)19(26)22-14-7-8-14/h1-6,9-10,14H,7-8,11-12H2,(H,21,27)(H,22,26)(H,23,25). The van der Waals surface area contributed by atoms with E-state index in [0.717, 1.165) is 18.5 Å². The Morgan fingerprint density at radius 3 is 2.41 bits per heavy atom. The lowest BCUT2D eigenvalue weighted by atomic mass is 10.1. The first-order chi connectivity index (χ1) is 13.1. The summed E-state index contributed by atoms with van der Waals surface area (Å²) in [6, 6.07) is 13.9. The van der Waals surface area contributed by atoms with E-state index in [0.29, 0.717) is 29.9 Å². The number of hydrogen-bond acceptors (Lipinski definition) is 3. The third-order valence-corrected chi connectivity index (χ3v) is 4.63. The number of para-hydroxylation sites is 1. The Bertz CT molecular complexity index is 890. The molecule has 1 heterocycles. The predicted octanol–water partition coefficient (Wildman–Crippen LogP) is 2.36. The molecule has 138 valence electrons. The van der Waals surface area contributed by atoms with Gasteiger partial charge in [0.2, 0.25) is 0 Å². The zero-order chi connectivity index (χ0) is 18.8. The van der Waals surface area contributed by atoms with E-state index in [2.05, 4.69) is 16.0 Å². The van der Waals surface area contributed by atoms with E-state index in [1.807, 2.05) is 0 Å². The van der Waals surface area contributed by atoms with Crippen molar-refractivity contribution in [1.29, 1.82) is 0 Å². The van der Waals surface area contributed by atoms with Crippen LogP contribution < -0.4 is 20.9 Å². The molecule has 7 nitrogen and oxygen atoms in total. The molecule has 2 aromatic rings. The lowest BCUT2D eigenvalue weighted by Crippen LogP contribution is -2.27. The highest BCUT2D eigenvalue weighted by atomic mass is 16.2. The Morgan fingerprint density at radius 1 is 1.00 bits per heavy atom. The Kier molecular flexibility index (Phi) is 4.50. The number of nitrogens with zero attached hydrogens (tertiary/aromatic N) is 1. The van der Waals surface area contributed by atoms with Crippen molar-refractivity contribution in [2.75, 3.05) is 23.3 Å². The van der Waals surface area contributed by atoms with Gasteiger partial charge >= 0.3 is 6.03 Å². The molecule has 2 aromatic carbocycles. The summed E-state index contributed by atoms with van der Waals surface area (Å²) in [4.78, 5) is 38.3. The van der Waals surface area contributed by atoms with Gasteiger partial charge in [0.1, 0.15) is 0 Å². The van der Waals surface area contributed by atoms with E-state index < -0.39 is 0 Å². The summed E-state index contributed by atoms with van der Waals surface area (Å²) < 4.78 is 0.